The highest BCUT2D eigenvalue weighted by Crippen LogP contribution is 2.27. The van der Waals surface area contributed by atoms with Gasteiger partial charge in [-0.3, -0.25) is 4.79 Å². The molecule has 2 rings (SSSR count). The van der Waals surface area contributed by atoms with Crippen molar-refractivity contribution in [3.05, 3.63) is 59.7 Å². The van der Waals surface area contributed by atoms with Crippen LogP contribution in [-0.2, 0) is 11.2 Å². The molecule has 0 radical (unpaired) electrons. The van der Waals surface area contributed by atoms with E-state index in [1.165, 1.54) is 6.07 Å². The van der Waals surface area contributed by atoms with Gasteiger partial charge in [0.2, 0.25) is 5.91 Å². The number of nitrogens with one attached hydrogen (secondary N) is 2. The van der Waals surface area contributed by atoms with E-state index in [2.05, 4.69) is 15.4 Å². The standard InChI is InChI=1S/C18H20F2N2O2/c1-21-10-9-17(23)22-15-7-8-16(24-18(19)20)14(12-15)11-13-5-3-2-4-6-13/h2-8,12,18,21H,9-11H2,1H3,(H,22,23). The summed E-state index contributed by atoms with van der Waals surface area (Å²) < 4.78 is 29.8. The number of rotatable bonds is 8. The summed E-state index contributed by atoms with van der Waals surface area (Å²) in [7, 11) is 1.77. The van der Waals surface area contributed by atoms with Crippen molar-refractivity contribution in [3.63, 3.8) is 0 Å². The second-order valence-electron chi connectivity index (χ2n) is 5.27. The number of halogens is 2. The van der Waals surface area contributed by atoms with Gasteiger partial charge in [0.25, 0.3) is 0 Å². The Morgan fingerprint density at radius 3 is 2.58 bits per heavy atom. The average Bonchev–Trinajstić information content (AvgIpc) is 2.56. The molecule has 0 aliphatic carbocycles. The summed E-state index contributed by atoms with van der Waals surface area (Å²) in [6.07, 6.45) is 0.767. The molecule has 128 valence electrons. The molecule has 1 amide bonds. The average molecular weight is 334 g/mol. The first-order chi connectivity index (χ1) is 11.6. The molecule has 6 heteroatoms. The van der Waals surface area contributed by atoms with E-state index in [0.717, 1.165) is 5.56 Å². The highest BCUT2D eigenvalue weighted by Gasteiger charge is 2.12. The Hall–Kier alpha value is -2.47. The number of hydrogen-bond acceptors (Lipinski definition) is 3. The van der Waals surface area contributed by atoms with Crippen LogP contribution in [0.25, 0.3) is 0 Å². The molecule has 0 saturated carbocycles. The van der Waals surface area contributed by atoms with Crippen LogP contribution in [0.5, 0.6) is 5.75 Å². The molecule has 24 heavy (non-hydrogen) atoms. The minimum atomic E-state index is -2.89. The lowest BCUT2D eigenvalue weighted by Gasteiger charge is -2.13. The maximum Gasteiger partial charge on any atom is 0.387 e. The van der Waals surface area contributed by atoms with Gasteiger partial charge in [0.15, 0.2) is 0 Å². The Morgan fingerprint density at radius 2 is 1.92 bits per heavy atom. The molecule has 0 aromatic heterocycles. The molecule has 0 aliphatic rings. The zero-order valence-corrected chi connectivity index (χ0v) is 13.4. The first-order valence-corrected chi connectivity index (χ1v) is 7.64. The van der Waals surface area contributed by atoms with Gasteiger partial charge in [-0.15, -0.1) is 0 Å². The predicted molar refractivity (Wildman–Crippen MR) is 89.5 cm³/mol. The van der Waals surface area contributed by atoms with E-state index in [4.69, 9.17) is 0 Å². The molecular formula is C18H20F2N2O2. The highest BCUT2D eigenvalue weighted by molar-refractivity contribution is 5.91. The summed E-state index contributed by atoms with van der Waals surface area (Å²) in [5.74, 6) is -0.0281. The second kappa shape index (κ2) is 8.98. The first kappa shape index (κ1) is 17.9. The second-order valence-corrected chi connectivity index (χ2v) is 5.27. The third-order valence-electron chi connectivity index (χ3n) is 3.40. The molecule has 0 bridgehead atoms. The monoisotopic (exact) mass is 334 g/mol. The lowest BCUT2D eigenvalue weighted by Crippen LogP contribution is -2.18. The summed E-state index contributed by atoms with van der Waals surface area (Å²) in [5, 5.41) is 5.66. The van der Waals surface area contributed by atoms with Gasteiger partial charge >= 0.3 is 6.61 Å². The van der Waals surface area contributed by atoms with E-state index < -0.39 is 6.61 Å². The van der Waals surface area contributed by atoms with Crippen molar-refractivity contribution < 1.29 is 18.3 Å². The lowest BCUT2D eigenvalue weighted by molar-refractivity contribution is -0.116. The molecule has 0 spiro atoms. The Bertz CT molecular complexity index is 663. The summed E-state index contributed by atoms with van der Waals surface area (Å²) >= 11 is 0. The minimum Gasteiger partial charge on any atom is -0.435 e. The van der Waals surface area contributed by atoms with Gasteiger partial charge in [-0.2, -0.15) is 8.78 Å². The van der Waals surface area contributed by atoms with Crippen LogP contribution in [-0.4, -0.2) is 26.1 Å². The Labute approximate surface area is 139 Å². The zero-order valence-electron chi connectivity index (χ0n) is 13.4. The van der Waals surface area contributed by atoms with Crippen molar-refractivity contribution in [2.45, 2.75) is 19.5 Å². The summed E-state index contributed by atoms with van der Waals surface area (Å²) in [6, 6.07) is 14.1. The number of hydrogen-bond donors (Lipinski definition) is 2. The smallest absolute Gasteiger partial charge is 0.387 e. The van der Waals surface area contributed by atoms with Crippen molar-refractivity contribution in [3.8, 4) is 5.75 Å². The van der Waals surface area contributed by atoms with Crippen molar-refractivity contribution in [1.82, 2.24) is 5.32 Å². The van der Waals surface area contributed by atoms with E-state index in [9.17, 15) is 13.6 Å². The largest absolute Gasteiger partial charge is 0.435 e. The van der Waals surface area contributed by atoms with Crippen LogP contribution in [0.4, 0.5) is 14.5 Å². The molecule has 0 atom stereocenters. The molecule has 4 nitrogen and oxygen atoms in total. The maximum atomic E-state index is 12.6. The Balaban J connectivity index is 2.19. The number of alkyl halides is 2. The molecule has 0 fully saturated rings. The number of carbonyl (C=O) groups excluding carboxylic acids is 1. The van der Waals surface area contributed by atoms with Crippen molar-refractivity contribution in [1.29, 1.82) is 0 Å². The normalized spacial score (nSPS) is 10.7. The van der Waals surface area contributed by atoms with Crippen LogP contribution in [0.15, 0.2) is 48.5 Å². The van der Waals surface area contributed by atoms with Crippen molar-refractivity contribution in [2.24, 2.45) is 0 Å². The van der Waals surface area contributed by atoms with Crippen LogP contribution in [0.1, 0.15) is 17.5 Å². The quantitative estimate of drug-likeness (QED) is 0.778. The lowest BCUT2D eigenvalue weighted by atomic mass is 10.0. The molecule has 0 heterocycles. The molecular weight excluding hydrogens is 314 g/mol. The van der Waals surface area contributed by atoms with Gasteiger partial charge in [-0.25, -0.2) is 0 Å². The van der Waals surface area contributed by atoms with E-state index in [1.807, 2.05) is 30.3 Å². The van der Waals surface area contributed by atoms with Gasteiger partial charge in [0.1, 0.15) is 5.75 Å². The van der Waals surface area contributed by atoms with E-state index in [1.54, 1.807) is 19.2 Å². The number of amides is 1. The molecule has 0 unspecified atom stereocenters. The van der Waals surface area contributed by atoms with E-state index >= 15 is 0 Å². The SMILES string of the molecule is CNCCC(=O)Nc1ccc(OC(F)F)c(Cc2ccccc2)c1. The molecule has 2 N–H and O–H groups in total. The number of benzene rings is 2. The third kappa shape index (κ3) is 5.62. The summed E-state index contributed by atoms with van der Waals surface area (Å²) in [6.45, 7) is -2.33. The van der Waals surface area contributed by atoms with Gasteiger partial charge in [0.05, 0.1) is 0 Å². The summed E-state index contributed by atoms with van der Waals surface area (Å²) in [4.78, 5) is 11.8. The fourth-order valence-electron chi connectivity index (χ4n) is 2.28. The van der Waals surface area contributed by atoms with Crippen LogP contribution < -0.4 is 15.4 Å². The van der Waals surface area contributed by atoms with Crippen LogP contribution in [0.3, 0.4) is 0 Å². The molecule has 0 saturated heterocycles. The zero-order chi connectivity index (χ0) is 17.4. The number of anilines is 1. The fourth-order valence-corrected chi connectivity index (χ4v) is 2.28. The van der Waals surface area contributed by atoms with Gasteiger partial charge < -0.3 is 15.4 Å². The Morgan fingerprint density at radius 1 is 1.17 bits per heavy atom. The topological polar surface area (TPSA) is 50.4 Å². The van der Waals surface area contributed by atoms with Crippen molar-refractivity contribution in [2.75, 3.05) is 18.9 Å². The third-order valence-corrected chi connectivity index (χ3v) is 3.40. The van der Waals surface area contributed by atoms with Crippen LogP contribution in [0.2, 0.25) is 0 Å². The first-order valence-electron chi connectivity index (χ1n) is 7.64. The number of carbonyl (C=O) groups is 1. The van der Waals surface area contributed by atoms with E-state index in [0.29, 0.717) is 30.6 Å². The summed E-state index contributed by atoms with van der Waals surface area (Å²) in [5.41, 5.74) is 2.12. The van der Waals surface area contributed by atoms with Gasteiger partial charge in [-0.05, 0) is 30.8 Å². The molecule has 2 aromatic carbocycles. The highest BCUT2D eigenvalue weighted by atomic mass is 19.3. The van der Waals surface area contributed by atoms with Gasteiger partial charge in [0, 0.05) is 30.6 Å². The van der Waals surface area contributed by atoms with E-state index in [-0.39, 0.29) is 11.7 Å². The molecule has 0 aliphatic heterocycles. The Kier molecular flexibility index (Phi) is 6.69. The maximum absolute atomic E-state index is 12.6. The minimum absolute atomic E-state index is 0.113. The van der Waals surface area contributed by atoms with Crippen LogP contribution in [0, 0.1) is 0 Å². The molecule has 2 aromatic rings. The predicted octanol–water partition coefficient (Wildman–Crippen LogP) is 3.43. The van der Waals surface area contributed by atoms with Crippen LogP contribution >= 0.6 is 0 Å². The fraction of sp³-hybridized carbons (Fsp3) is 0.278. The van der Waals surface area contributed by atoms with Crippen molar-refractivity contribution >= 4 is 11.6 Å². The van der Waals surface area contributed by atoms with Gasteiger partial charge in [-0.1, -0.05) is 30.3 Å². The number of ether oxygens (including phenoxy) is 1.